The molecular formula is C20H25N3O4. The molecule has 0 amide bonds. The summed E-state index contributed by atoms with van der Waals surface area (Å²) in [6, 6.07) is 13.5. The summed E-state index contributed by atoms with van der Waals surface area (Å²) in [6.07, 6.45) is 1.67. The summed E-state index contributed by atoms with van der Waals surface area (Å²) in [7, 11) is 0. The smallest absolute Gasteiger partial charge is 0.228 e. The van der Waals surface area contributed by atoms with Crippen LogP contribution in [-0.4, -0.2) is 52.6 Å². The van der Waals surface area contributed by atoms with Crippen LogP contribution in [0.1, 0.15) is 18.6 Å². The fraction of sp³-hybridized carbons (Fsp3) is 0.400. The van der Waals surface area contributed by atoms with Crippen molar-refractivity contribution in [1.29, 1.82) is 0 Å². The van der Waals surface area contributed by atoms with Crippen molar-refractivity contribution in [3.8, 4) is 11.4 Å². The fourth-order valence-electron chi connectivity index (χ4n) is 2.78. The van der Waals surface area contributed by atoms with Crippen LogP contribution in [0.5, 0.6) is 0 Å². The van der Waals surface area contributed by atoms with E-state index < -0.39 is 6.10 Å². The molecule has 3 rings (SSSR count). The summed E-state index contributed by atoms with van der Waals surface area (Å²) in [5.74, 6) is 1.99. The Kier molecular flexibility index (Phi) is 7.15. The summed E-state index contributed by atoms with van der Waals surface area (Å²) in [5, 5.41) is 14.2. The molecule has 0 spiro atoms. The van der Waals surface area contributed by atoms with E-state index in [1.54, 1.807) is 6.26 Å². The number of rotatable bonds is 11. The maximum absolute atomic E-state index is 10.2. The molecule has 144 valence electrons. The molecule has 0 unspecified atom stereocenters. The molecule has 2 heterocycles. The number of aromatic nitrogens is 2. The van der Waals surface area contributed by atoms with Gasteiger partial charge in [-0.3, -0.25) is 4.90 Å². The molecule has 2 aromatic heterocycles. The van der Waals surface area contributed by atoms with Crippen LogP contribution in [-0.2, 0) is 17.7 Å². The van der Waals surface area contributed by atoms with Crippen molar-refractivity contribution in [1.82, 2.24) is 15.0 Å². The first-order valence-electron chi connectivity index (χ1n) is 9.13. The quantitative estimate of drug-likeness (QED) is 0.555. The molecule has 1 atom stereocenters. The van der Waals surface area contributed by atoms with Gasteiger partial charge in [0.15, 0.2) is 0 Å². The van der Waals surface area contributed by atoms with Crippen LogP contribution in [0.3, 0.4) is 0 Å². The number of hydrogen-bond donors (Lipinski definition) is 1. The summed E-state index contributed by atoms with van der Waals surface area (Å²) in [4.78, 5) is 6.56. The van der Waals surface area contributed by atoms with Gasteiger partial charge in [0.2, 0.25) is 11.7 Å². The van der Waals surface area contributed by atoms with E-state index in [1.165, 1.54) is 0 Å². The largest absolute Gasteiger partial charge is 0.468 e. The number of hydrogen-bond acceptors (Lipinski definition) is 7. The van der Waals surface area contributed by atoms with Gasteiger partial charge in [0.05, 0.1) is 25.5 Å². The molecule has 7 heteroatoms. The Labute approximate surface area is 158 Å². The van der Waals surface area contributed by atoms with Gasteiger partial charge in [0.1, 0.15) is 5.76 Å². The van der Waals surface area contributed by atoms with Crippen molar-refractivity contribution in [2.45, 2.75) is 26.0 Å². The van der Waals surface area contributed by atoms with Gasteiger partial charge in [-0.15, -0.1) is 0 Å². The zero-order valence-electron chi connectivity index (χ0n) is 15.5. The number of furan rings is 1. The van der Waals surface area contributed by atoms with Gasteiger partial charge in [-0.25, -0.2) is 0 Å². The zero-order chi connectivity index (χ0) is 18.9. The summed E-state index contributed by atoms with van der Waals surface area (Å²) in [5.41, 5.74) is 0.923. The molecule has 0 radical (unpaired) electrons. The van der Waals surface area contributed by atoms with E-state index in [2.05, 4.69) is 15.0 Å². The van der Waals surface area contributed by atoms with Crippen LogP contribution in [0, 0.1) is 0 Å². The number of aliphatic hydroxyl groups excluding tert-OH is 1. The Morgan fingerprint density at radius 2 is 2.04 bits per heavy atom. The normalized spacial score (nSPS) is 12.6. The van der Waals surface area contributed by atoms with Crippen LogP contribution < -0.4 is 0 Å². The molecule has 0 aliphatic rings. The zero-order valence-corrected chi connectivity index (χ0v) is 15.5. The minimum atomic E-state index is -0.567. The molecule has 3 aromatic rings. The third-order valence-electron chi connectivity index (χ3n) is 4.08. The van der Waals surface area contributed by atoms with Crippen molar-refractivity contribution in [3.63, 3.8) is 0 Å². The average Bonchev–Trinajstić information content (AvgIpc) is 3.37. The predicted octanol–water partition coefficient (Wildman–Crippen LogP) is 2.77. The standard InChI is InChI=1S/C20H25N3O4/c1-2-25-15-17(24)13-23(14-18-9-6-12-26-18)11-10-19-21-20(22-27-19)16-7-4-3-5-8-16/h3-9,12,17,24H,2,10-11,13-15H2,1H3/t17-/m1/s1. The van der Waals surface area contributed by atoms with Crippen molar-refractivity contribution in [2.75, 3.05) is 26.3 Å². The van der Waals surface area contributed by atoms with Crippen molar-refractivity contribution < 1.29 is 18.8 Å². The van der Waals surface area contributed by atoms with E-state index in [0.717, 1.165) is 11.3 Å². The number of benzene rings is 1. The maximum atomic E-state index is 10.2. The first kappa shape index (κ1) is 19.3. The first-order chi connectivity index (χ1) is 13.2. The second-order valence-electron chi connectivity index (χ2n) is 6.26. The molecule has 27 heavy (non-hydrogen) atoms. The van der Waals surface area contributed by atoms with Crippen LogP contribution in [0.15, 0.2) is 57.7 Å². The third kappa shape index (κ3) is 6.02. The molecule has 0 bridgehead atoms. The highest BCUT2D eigenvalue weighted by Crippen LogP contribution is 2.15. The first-order valence-corrected chi connectivity index (χ1v) is 9.13. The van der Waals surface area contributed by atoms with Crippen LogP contribution in [0.25, 0.3) is 11.4 Å². The Balaban J connectivity index is 1.59. The Bertz CT molecular complexity index is 774. The molecule has 0 saturated carbocycles. The number of nitrogens with zero attached hydrogens (tertiary/aromatic N) is 3. The van der Waals surface area contributed by atoms with Gasteiger partial charge < -0.3 is 18.8 Å². The van der Waals surface area contributed by atoms with Gasteiger partial charge in [0.25, 0.3) is 0 Å². The molecule has 1 aromatic carbocycles. The molecule has 0 fully saturated rings. The average molecular weight is 371 g/mol. The lowest BCUT2D eigenvalue weighted by Gasteiger charge is -2.23. The van der Waals surface area contributed by atoms with Crippen molar-refractivity contribution in [2.24, 2.45) is 0 Å². The minimum Gasteiger partial charge on any atom is -0.468 e. The van der Waals surface area contributed by atoms with E-state index in [0.29, 0.717) is 51.0 Å². The highest BCUT2D eigenvalue weighted by atomic mass is 16.5. The van der Waals surface area contributed by atoms with E-state index in [1.807, 2.05) is 49.4 Å². The third-order valence-corrected chi connectivity index (χ3v) is 4.08. The van der Waals surface area contributed by atoms with E-state index >= 15 is 0 Å². The van der Waals surface area contributed by atoms with E-state index in [-0.39, 0.29) is 0 Å². The van der Waals surface area contributed by atoms with Gasteiger partial charge in [0, 0.05) is 31.7 Å². The van der Waals surface area contributed by atoms with Crippen LogP contribution >= 0.6 is 0 Å². The maximum Gasteiger partial charge on any atom is 0.228 e. The molecule has 7 nitrogen and oxygen atoms in total. The fourth-order valence-corrected chi connectivity index (χ4v) is 2.78. The molecular weight excluding hydrogens is 346 g/mol. The monoisotopic (exact) mass is 371 g/mol. The van der Waals surface area contributed by atoms with E-state index in [4.69, 9.17) is 13.7 Å². The Morgan fingerprint density at radius 1 is 1.19 bits per heavy atom. The van der Waals surface area contributed by atoms with Crippen LogP contribution in [0.2, 0.25) is 0 Å². The van der Waals surface area contributed by atoms with Gasteiger partial charge >= 0.3 is 0 Å². The molecule has 1 N–H and O–H groups in total. The minimum absolute atomic E-state index is 0.309. The van der Waals surface area contributed by atoms with Gasteiger partial charge in [-0.2, -0.15) is 4.98 Å². The van der Waals surface area contributed by atoms with Gasteiger partial charge in [-0.05, 0) is 19.1 Å². The van der Waals surface area contributed by atoms with Crippen molar-refractivity contribution >= 4 is 0 Å². The molecule has 0 aliphatic heterocycles. The van der Waals surface area contributed by atoms with Gasteiger partial charge in [-0.1, -0.05) is 35.5 Å². The highest BCUT2D eigenvalue weighted by molar-refractivity contribution is 5.53. The van der Waals surface area contributed by atoms with Crippen molar-refractivity contribution in [3.05, 3.63) is 60.4 Å². The molecule has 0 aliphatic carbocycles. The lowest BCUT2D eigenvalue weighted by molar-refractivity contribution is 0.0183. The second kappa shape index (κ2) is 10.0. The van der Waals surface area contributed by atoms with E-state index in [9.17, 15) is 5.11 Å². The topological polar surface area (TPSA) is 84.8 Å². The summed E-state index contributed by atoms with van der Waals surface area (Å²) < 4.78 is 16.1. The highest BCUT2D eigenvalue weighted by Gasteiger charge is 2.16. The Morgan fingerprint density at radius 3 is 2.78 bits per heavy atom. The Hall–Kier alpha value is -2.48. The summed E-state index contributed by atoms with van der Waals surface area (Å²) in [6.45, 7) is 4.52. The number of ether oxygens (including phenoxy) is 1. The lowest BCUT2D eigenvalue weighted by atomic mass is 10.2. The predicted molar refractivity (Wildman–Crippen MR) is 99.9 cm³/mol. The second-order valence-corrected chi connectivity index (χ2v) is 6.26. The molecule has 0 saturated heterocycles. The number of aliphatic hydroxyl groups is 1. The van der Waals surface area contributed by atoms with Crippen LogP contribution in [0.4, 0.5) is 0 Å². The summed E-state index contributed by atoms with van der Waals surface area (Å²) >= 11 is 0. The lowest BCUT2D eigenvalue weighted by Crippen LogP contribution is -2.36. The SMILES string of the molecule is CCOC[C@H](O)CN(CCc1nc(-c2ccccc2)no1)Cc1ccco1.